The van der Waals surface area contributed by atoms with Crippen LogP contribution in [-0.4, -0.2) is 9.55 Å². The first-order valence-corrected chi connectivity index (χ1v) is 6.87. The predicted octanol–water partition coefficient (Wildman–Crippen LogP) is 4.28. The van der Waals surface area contributed by atoms with Gasteiger partial charge in [0.25, 0.3) is 0 Å². The zero-order valence-corrected chi connectivity index (χ0v) is 12.2. The normalized spacial score (nSPS) is 11.3. The predicted molar refractivity (Wildman–Crippen MR) is 72.5 cm³/mol. The highest BCUT2D eigenvalue weighted by Gasteiger charge is 2.17. The lowest BCUT2D eigenvalue weighted by atomic mass is 10.2. The first-order chi connectivity index (χ1) is 8.88. The van der Waals surface area contributed by atoms with E-state index in [1.54, 1.807) is 0 Å². The highest BCUT2D eigenvalue weighted by atomic mass is 32.2. The van der Waals surface area contributed by atoms with Gasteiger partial charge in [0.2, 0.25) is 0 Å². The van der Waals surface area contributed by atoms with Gasteiger partial charge < -0.3 is 4.57 Å². The van der Waals surface area contributed by atoms with Crippen LogP contribution < -0.4 is 0 Å². The first-order valence-electron chi connectivity index (χ1n) is 6.05. The molecule has 0 saturated heterocycles. The van der Waals surface area contributed by atoms with Crippen molar-refractivity contribution in [3.63, 3.8) is 0 Å². The monoisotopic (exact) mass is 282 g/mol. The Bertz CT molecular complexity index is 585. The van der Waals surface area contributed by atoms with E-state index in [0.29, 0.717) is 4.90 Å². The average Bonchev–Trinajstić information content (AvgIpc) is 2.56. The number of rotatable bonds is 3. The van der Waals surface area contributed by atoms with Crippen LogP contribution in [0.4, 0.5) is 8.78 Å². The number of imidazole rings is 1. The number of halogens is 2. The van der Waals surface area contributed by atoms with Crippen molar-refractivity contribution in [3.8, 4) is 0 Å². The molecule has 1 aromatic heterocycles. The van der Waals surface area contributed by atoms with Crippen molar-refractivity contribution in [1.29, 1.82) is 0 Å². The Morgan fingerprint density at radius 2 is 1.74 bits per heavy atom. The second kappa shape index (κ2) is 5.33. The van der Waals surface area contributed by atoms with Crippen molar-refractivity contribution in [3.05, 3.63) is 41.4 Å². The third-order valence-electron chi connectivity index (χ3n) is 2.89. The van der Waals surface area contributed by atoms with E-state index in [2.05, 4.69) is 18.8 Å². The molecular weight excluding hydrogens is 266 g/mol. The summed E-state index contributed by atoms with van der Waals surface area (Å²) in [5, 5.41) is 0.928. The zero-order valence-electron chi connectivity index (χ0n) is 11.4. The van der Waals surface area contributed by atoms with Gasteiger partial charge in [-0.3, -0.25) is 0 Å². The Morgan fingerprint density at radius 3 is 2.26 bits per heavy atom. The second-order valence-electron chi connectivity index (χ2n) is 4.77. The lowest BCUT2D eigenvalue weighted by Crippen LogP contribution is -1.95. The van der Waals surface area contributed by atoms with Crippen LogP contribution >= 0.6 is 11.8 Å². The molecular formula is C14H16F2N2S. The lowest BCUT2D eigenvalue weighted by Gasteiger charge is -2.08. The van der Waals surface area contributed by atoms with E-state index in [0.717, 1.165) is 22.6 Å². The topological polar surface area (TPSA) is 17.8 Å². The quantitative estimate of drug-likeness (QED) is 0.836. The molecule has 0 fully saturated rings. The van der Waals surface area contributed by atoms with E-state index in [9.17, 15) is 8.78 Å². The van der Waals surface area contributed by atoms with Crippen LogP contribution in [0.5, 0.6) is 0 Å². The molecule has 2 aromatic rings. The summed E-state index contributed by atoms with van der Waals surface area (Å²) >= 11 is 1.34. The molecule has 5 heteroatoms. The van der Waals surface area contributed by atoms with Gasteiger partial charge in [-0.2, -0.15) is 0 Å². The maximum absolute atomic E-state index is 13.2. The van der Waals surface area contributed by atoms with Gasteiger partial charge in [-0.25, -0.2) is 13.8 Å². The fraction of sp³-hybridized carbons (Fsp3) is 0.357. The fourth-order valence-electron chi connectivity index (χ4n) is 1.81. The average molecular weight is 282 g/mol. The van der Waals surface area contributed by atoms with Crippen LogP contribution in [0.1, 0.15) is 31.3 Å². The Morgan fingerprint density at radius 1 is 1.16 bits per heavy atom. The summed E-state index contributed by atoms with van der Waals surface area (Å²) in [6, 6.07) is 3.54. The van der Waals surface area contributed by atoms with Crippen molar-refractivity contribution in [2.45, 2.75) is 36.6 Å². The molecule has 1 heterocycles. The minimum absolute atomic E-state index is 0.265. The zero-order chi connectivity index (χ0) is 14.2. The molecule has 0 aliphatic rings. The Kier molecular flexibility index (Phi) is 3.94. The SMILES string of the molecule is Cc1nc(C(C)C)c(Sc2cc(F)cc(F)c2)n1C. The van der Waals surface area contributed by atoms with Crippen molar-refractivity contribution in [1.82, 2.24) is 9.55 Å². The standard InChI is InChI=1S/C14H16F2N2S/c1-8(2)13-14(18(4)9(3)17-13)19-12-6-10(15)5-11(16)7-12/h5-8H,1-4H3. The molecule has 0 radical (unpaired) electrons. The van der Waals surface area contributed by atoms with E-state index >= 15 is 0 Å². The summed E-state index contributed by atoms with van der Waals surface area (Å²) in [7, 11) is 1.91. The number of hydrogen-bond acceptors (Lipinski definition) is 2. The summed E-state index contributed by atoms with van der Waals surface area (Å²) in [5.74, 6) is 0.0313. The summed E-state index contributed by atoms with van der Waals surface area (Å²) in [4.78, 5) is 5.05. The van der Waals surface area contributed by atoms with Gasteiger partial charge in [0, 0.05) is 18.0 Å². The van der Waals surface area contributed by atoms with Crippen molar-refractivity contribution in [2.24, 2.45) is 7.05 Å². The smallest absolute Gasteiger partial charge is 0.127 e. The van der Waals surface area contributed by atoms with Gasteiger partial charge in [0.1, 0.15) is 22.5 Å². The lowest BCUT2D eigenvalue weighted by molar-refractivity contribution is 0.577. The van der Waals surface area contributed by atoms with Crippen LogP contribution in [0.25, 0.3) is 0 Å². The Hall–Kier alpha value is -1.36. The van der Waals surface area contributed by atoms with Gasteiger partial charge in [0.05, 0.1) is 5.69 Å². The maximum atomic E-state index is 13.2. The molecule has 2 rings (SSSR count). The molecule has 0 bridgehead atoms. The van der Waals surface area contributed by atoms with E-state index < -0.39 is 11.6 Å². The van der Waals surface area contributed by atoms with Crippen LogP contribution in [0, 0.1) is 18.6 Å². The van der Waals surface area contributed by atoms with Gasteiger partial charge in [-0.15, -0.1) is 0 Å². The van der Waals surface area contributed by atoms with Gasteiger partial charge in [-0.05, 0) is 25.0 Å². The molecule has 0 aliphatic heterocycles. The summed E-state index contributed by atoms with van der Waals surface area (Å²) in [6.07, 6.45) is 0. The molecule has 19 heavy (non-hydrogen) atoms. The maximum Gasteiger partial charge on any atom is 0.127 e. The number of aromatic nitrogens is 2. The molecule has 0 N–H and O–H groups in total. The molecule has 2 nitrogen and oxygen atoms in total. The molecule has 0 amide bonds. The highest BCUT2D eigenvalue weighted by molar-refractivity contribution is 7.99. The molecule has 0 saturated carbocycles. The van der Waals surface area contributed by atoms with Crippen LogP contribution in [0.3, 0.4) is 0 Å². The third-order valence-corrected chi connectivity index (χ3v) is 4.04. The van der Waals surface area contributed by atoms with Crippen LogP contribution in [0.15, 0.2) is 28.1 Å². The molecule has 1 aromatic carbocycles. The number of hydrogen-bond donors (Lipinski definition) is 0. The van der Waals surface area contributed by atoms with Crippen LogP contribution in [0.2, 0.25) is 0 Å². The van der Waals surface area contributed by atoms with Crippen LogP contribution in [-0.2, 0) is 7.05 Å². The number of nitrogens with zero attached hydrogens (tertiary/aromatic N) is 2. The van der Waals surface area contributed by atoms with Gasteiger partial charge in [-0.1, -0.05) is 25.6 Å². The van der Waals surface area contributed by atoms with E-state index in [1.807, 2.05) is 18.5 Å². The molecule has 102 valence electrons. The summed E-state index contributed by atoms with van der Waals surface area (Å²) < 4.78 is 28.4. The molecule has 0 spiro atoms. The van der Waals surface area contributed by atoms with E-state index in [4.69, 9.17) is 0 Å². The van der Waals surface area contributed by atoms with Gasteiger partial charge in [0.15, 0.2) is 0 Å². The molecule has 0 aliphatic carbocycles. The summed E-state index contributed by atoms with van der Waals surface area (Å²) in [6.45, 7) is 6.03. The number of benzene rings is 1. The minimum atomic E-state index is -0.563. The Labute approximate surface area is 115 Å². The van der Waals surface area contributed by atoms with Crippen molar-refractivity contribution >= 4 is 11.8 Å². The summed E-state index contributed by atoms with van der Waals surface area (Å²) in [5.41, 5.74) is 0.953. The minimum Gasteiger partial charge on any atom is -0.326 e. The second-order valence-corrected chi connectivity index (χ2v) is 5.83. The molecule has 0 unspecified atom stereocenters. The first kappa shape index (κ1) is 14.1. The van der Waals surface area contributed by atoms with Crippen molar-refractivity contribution < 1.29 is 8.78 Å². The van der Waals surface area contributed by atoms with E-state index in [1.165, 1.54) is 23.9 Å². The van der Waals surface area contributed by atoms with E-state index in [-0.39, 0.29) is 5.92 Å². The highest BCUT2D eigenvalue weighted by Crippen LogP contribution is 2.34. The molecule has 0 atom stereocenters. The third kappa shape index (κ3) is 2.97. The Balaban J connectivity index is 2.42. The largest absolute Gasteiger partial charge is 0.326 e. The van der Waals surface area contributed by atoms with Crippen molar-refractivity contribution in [2.75, 3.05) is 0 Å². The number of aryl methyl sites for hydroxylation is 1. The fourth-order valence-corrected chi connectivity index (χ4v) is 3.03. The van der Waals surface area contributed by atoms with Gasteiger partial charge >= 0.3 is 0 Å².